The van der Waals surface area contributed by atoms with Crippen LogP contribution in [0.2, 0.25) is 0 Å². The van der Waals surface area contributed by atoms with Crippen LogP contribution in [0.5, 0.6) is 5.75 Å². The fourth-order valence-corrected chi connectivity index (χ4v) is 4.77. The first-order chi connectivity index (χ1) is 20.4. The molecule has 1 aliphatic rings. The lowest BCUT2D eigenvalue weighted by Gasteiger charge is -2.34. The summed E-state index contributed by atoms with van der Waals surface area (Å²) in [5, 5.41) is 21.9. The van der Waals surface area contributed by atoms with Crippen LogP contribution < -0.4 is 20.7 Å². The van der Waals surface area contributed by atoms with Crippen LogP contribution in [0.1, 0.15) is 30.9 Å². The van der Waals surface area contributed by atoms with Gasteiger partial charge >= 0.3 is 12.1 Å². The van der Waals surface area contributed by atoms with E-state index in [0.717, 1.165) is 0 Å². The number of aliphatic hydroxyl groups is 1. The van der Waals surface area contributed by atoms with Crippen LogP contribution >= 0.6 is 0 Å². The molecule has 3 atom stereocenters. The Morgan fingerprint density at radius 1 is 1.14 bits per heavy atom. The third-order valence-corrected chi connectivity index (χ3v) is 7.34. The van der Waals surface area contributed by atoms with Crippen molar-refractivity contribution in [2.75, 3.05) is 42.7 Å². The lowest BCUT2D eigenvalue weighted by atomic mass is 10.0. The molecule has 0 saturated heterocycles. The number of hydrogen-bond donors (Lipinski definition) is 4. The highest BCUT2D eigenvalue weighted by atomic mass is 19.1. The first-order valence-electron chi connectivity index (χ1n) is 13.9. The van der Waals surface area contributed by atoms with Crippen molar-refractivity contribution in [1.82, 2.24) is 15.0 Å². The molecular weight excluding hydrogens is 559 g/mol. The highest BCUT2D eigenvalue weighted by molar-refractivity contribution is 6.00. The third-order valence-electron chi connectivity index (χ3n) is 7.34. The number of fused-ring (bicyclic) bond motifs is 1. The predicted molar refractivity (Wildman–Crippen MR) is 159 cm³/mol. The van der Waals surface area contributed by atoms with Crippen LogP contribution in [0.3, 0.4) is 0 Å². The summed E-state index contributed by atoms with van der Waals surface area (Å²) in [5.74, 6) is 0.0716. The van der Waals surface area contributed by atoms with Gasteiger partial charge in [-0.2, -0.15) is 0 Å². The van der Waals surface area contributed by atoms with Gasteiger partial charge in [0.25, 0.3) is 0 Å². The molecule has 3 aromatic rings. The number of carbonyl (C=O) groups excluding carboxylic acids is 3. The van der Waals surface area contributed by atoms with Crippen molar-refractivity contribution in [3.8, 4) is 5.75 Å². The molecule has 0 saturated carbocycles. The van der Waals surface area contributed by atoms with Crippen molar-refractivity contribution in [3.05, 3.63) is 65.3 Å². The molecule has 0 spiro atoms. The minimum Gasteiger partial charge on any atom is -0.488 e. The molecule has 0 aliphatic carbocycles. The number of aliphatic hydroxyl groups excluding tert-OH is 1. The van der Waals surface area contributed by atoms with Crippen LogP contribution in [-0.4, -0.2) is 76.9 Å². The standard InChI is InChI=1S/C30H37FN6O6/c1-17-14-37(18(2)16-38)27(39)13-21-12-24(33-29(40)32-23-8-6-22(31)7-9-23)10-11-25(21)42-26(17)15-36(5)30(41)34-28-19(3)35-43-20(28)4/h6-12,17-18,26,38H,13-16H2,1-5H3,(H,34,41)(H2,32,33,40)/t17-,18+,26-/m0/s1. The summed E-state index contributed by atoms with van der Waals surface area (Å²) >= 11 is 0. The number of hydrogen-bond acceptors (Lipinski definition) is 7. The maximum Gasteiger partial charge on any atom is 0.323 e. The van der Waals surface area contributed by atoms with Crippen molar-refractivity contribution in [2.24, 2.45) is 5.92 Å². The van der Waals surface area contributed by atoms with E-state index >= 15 is 0 Å². The number of rotatable bonds is 7. The number of aromatic nitrogens is 1. The molecule has 1 aromatic heterocycles. The van der Waals surface area contributed by atoms with Crippen LogP contribution in [0.4, 0.5) is 31.0 Å². The zero-order valence-electron chi connectivity index (χ0n) is 24.8. The van der Waals surface area contributed by atoms with E-state index in [1.165, 1.54) is 29.2 Å². The largest absolute Gasteiger partial charge is 0.488 e. The quantitative estimate of drug-likeness (QED) is 0.316. The van der Waals surface area contributed by atoms with Gasteiger partial charge in [-0.25, -0.2) is 14.0 Å². The fraction of sp³-hybridized carbons (Fsp3) is 0.400. The third kappa shape index (κ3) is 7.80. The lowest BCUT2D eigenvalue weighted by Crippen LogP contribution is -2.48. The molecule has 1 aliphatic heterocycles. The Morgan fingerprint density at radius 2 is 1.81 bits per heavy atom. The minimum atomic E-state index is -0.546. The highest BCUT2D eigenvalue weighted by Gasteiger charge is 2.32. The Balaban J connectivity index is 1.56. The van der Waals surface area contributed by atoms with Crippen LogP contribution in [0.25, 0.3) is 0 Å². The molecule has 12 nitrogen and oxygen atoms in total. The van der Waals surface area contributed by atoms with Gasteiger partial charge in [-0.3, -0.25) is 4.79 Å². The normalized spacial score (nSPS) is 17.5. The Labute approximate surface area is 249 Å². The first kappa shape index (κ1) is 31.3. The van der Waals surface area contributed by atoms with E-state index in [1.807, 2.05) is 6.92 Å². The number of likely N-dealkylation sites (N-methyl/N-ethyl adjacent to an activating group) is 1. The molecule has 2 heterocycles. The van der Waals surface area contributed by atoms with Gasteiger partial charge in [-0.15, -0.1) is 0 Å². The minimum absolute atomic E-state index is 0.0312. The van der Waals surface area contributed by atoms with Crippen LogP contribution in [0.15, 0.2) is 47.0 Å². The van der Waals surface area contributed by atoms with Crippen molar-refractivity contribution in [1.29, 1.82) is 0 Å². The number of halogens is 1. The van der Waals surface area contributed by atoms with E-state index in [-0.39, 0.29) is 37.4 Å². The van der Waals surface area contributed by atoms with E-state index < -0.39 is 24.0 Å². The molecule has 0 unspecified atom stereocenters. The average Bonchev–Trinajstić information content (AvgIpc) is 3.30. The number of ether oxygens (including phenoxy) is 1. The number of urea groups is 2. The second kappa shape index (κ2) is 13.6. The van der Waals surface area contributed by atoms with Gasteiger partial charge < -0.3 is 40.1 Å². The Bertz CT molecular complexity index is 1440. The SMILES string of the molecule is Cc1noc(C)c1NC(=O)N(C)C[C@@H]1Oc2ccc(NC(=O)Nc3ccc(F)cc3)cc2CC(=O)N([C@H](C)CO)C[C@@H]1C. The van der Waals surface area contributed by atoms with E-state index in [2.05, 4.69) is 21.1 Å². The number of anilines is 3. The van der Waals surface area contributed by atoms with E-state index in [0.29, 0.717) is 46.4 Å². The molecule has 4 rings (SSSR count). The van der Waals surface area contributed by atoms with Gasteiger partial charge in [0.05, 0.1) is 25.6 Å². The number of amides is 5. The van der Waals surface area contributed by atoms with Crippen molar-refractivity contribution < 1.29 is 33.1 Å². The summed E-state index contributed by atoms with van der Waals surface area (Å²) in [6, 6.07) is 8.96. The first-order valence-corrected chi connectivity index (χ1v) is 13.9. The molecule has 0 bridgehead atoms. The van der Waals surface area contributed by atoms with Gasteiger partial charge in [0.2, 0.25) is 5.91 Å². The van der Waals surface area contributed by atoms with Gasteiger partial charge in [0.15, 0.2) is 5.76 Å². The van der Waals surface area contributed by atoms with E-state index in [9.17, 15) is 23.9 Å². The summed E-state index contributed by atoms with van der Waals surface area (Å²) in [4.78, 5) is 42.2. The molecule has 5 amide bonds. The van der Waals surface area contributed by atoms with Gasteiger partial charge in [-0.05, 0) is 63.2 Å². The van der Waals surface area contributed by atoms with Crippen molar-refractivity contribution in [2.45, 2.75) is 46.3 Å². The Morgan fingerprint density at radius 3 is 2.47 bits per heavy atom. The van der Waals surface area contributed by atoms with E-state index in [4.69, 9.17) is 9.26 Å². The summed E-state index contributed by atoms with van der Waals surface area (Å²) in [5.41, 5.74) is 2.41. The Hall–Kier alpha value is -4.65. The van der Waals surface area contributed by atoms with Crippen molar-refractivity contribution >= 4 is 35.0 Å². The molecule has 0 radical (unpaired) electrons. The average molecular weight is 597 g/mol. The molecule has 43 heavy (non-hydrogen) atoms. The van der Waals surface area contributed by atoms with Crippen LogP contribution in [-0.2, 0) is 11.2 Å². The topological polar surface area (TPSA) is 149 Å². The number of benzene rings is 2. The highest BCUT2D eigenvalue weighted by Crippen LogP contribution is 2.29. The number of nitrogens with zero attached hydrogens (tertiary/aromatic N) is 3. The maximum atomic E-state index is 13.4. The summed E-state index contributed by atoms with van der Waals surface area (Å²) < 4.78 is 24.8. The summed E-state index contributed by atoms with van der Waals surface area (Å²) in [7, 11) is 1.64. The molecular formula is C30H37FN6O6. The summed E-state index contributed by atoms with van der Waals surface area (Å²) in [6.45, 7) is 7.39. The van der Waals surface area contributed by atoms with E-state index in [1.54, 1.807) is 50.9 Å². The monoisotopic (exact) mass is 596 g/mol. The predicted octanol–water partition coefficient (Wildman–Crippen LogP) is 4.39. The van der Waals surface area contributed by atoms with Gasteiger partial charge in [0, 0.05) is 36.4 Å². The molecule has 0 fully saturated rings. The smallest absolute Gasteiger partial charge is 0.323 e. The maximum absolute atomic E-state index is 13.4. The van der Waals surface area contributed by atoms with Gasteiger partial charge in [0.1, 0.15) is 29.1 Å². The van der Waals surface area contributed by atoms with Crippen LogP contribution in [0, 0.1) is 25.6 Å². The zero-order chi connectivity index (χ0) is 31.3. The van der Waals surface area contributed by atoms with Gasteiger partial charge in [-0.1, -0.05) is 12.1 Å². The second-order valence-electron chi connectivity index (χ2n) is 10.8. The molecule has 4 N–H and O–H groups in total. The second-order valence-corrected chi connectivity index (χ2v) is 10.8. The van der Waals surface area contributed by atoms with Crippen molar-refractivity contribution in [3.63, 3.8) is 0 Å². The number of aryl methyl sites for hydroxylation is 2. The molecule has 2 aromatic carbocycles. The fourth-order valence-electron chi connectivity index (χ4n) is 4.77. The number of nitrogens with one attached hydrogen (secondary N) is 3. The lowest BCUT2D eigenvalue weighted by molar-refractivity contribution is -0.134. The molecule has 13 heteroatoms. The number of carbonyl (C=O) groups is 3. The summed E-state index contributed by atoms with van der Waals surface area (Å²) in [6.07, 6.45) is -0.560. The Kier molecular flexibility index (Phi) is 9.86. The zero-order valence-corrected chi connectivity index (χ0v) is 24.8. The molecule has 230 valence electrons.